The minimum atomic E-state index is 0.381. The molecule has 0 atom stereocenters. The van der Waals surface area contributed by atoms with Crippen molar-refractivity contribution in [2.24, 2.45) is 0 Å². The van der Waals surface area contributed by atoms with Crippen LogP contribution in [0.1, 0.15) is 21.6 Å². The number of ether oxygens (including phenoxy) is 2. The molecule has 0 radical (unpaired) electrons. The van der Waals surface area contributed by atoms with E-state index in [0.29, 0.717) is 35.0 Å². The molecule has 0 fully saturated rings. The molecule has 118 valence electrons. The van der Waals surface area contributed by atoms with Gasteiger partial charge in [-0.05, 0) is 6.92 Å². The summed E-state index contributed by atoms with van der Waals surface area (Å²) in [6, 6.07) is 0. The van der Waals surface area contributed by atoms with Gasteiger partial charge in [0, 0.05) is 11.8 Å². The van der Waals surface area contributed by atoms with E-state index in [0.717, 1.165) is 17.5 Å². The first-order valence-corrected chi connectivity index (χ1v) is 6.87. The Bertz CT molecular complexity index is 875. The molecule has 0 aliphatic heterocycles. The Kier molecular flexibility index (Phi) is 3.88. The van der Waals surface area contributed by atoms with Crippen LogP contribution < -0.4 is 9.47 Å². The van der Waals surface area contributed by atoms with E-state index in [9.17, 15) is 4.79 Å². The van der Waals surface area contributed by atoms with Gasteiger partial charge in [0.1, 0.15) is 11.8 Å². The number of carbonyl (C=O) groups is 1. The lowest BCUT2D eigenvalue weighted by molar-refractivity contribution is 0.112. The third-order valence-corrected chi connectivity index (χ3v) is 3.56. The zero-order chi connectivity index (χ0) is 16.4. The summed E-state index contributed by atoms with van der Waals surface area (Å²) < 4.78 is 12.1. The first-order chi connectivity index (χ1) is 11.2. The predicted molar refractivity (Wildman–Crippen MR) is 81.9 cm³/mol. The van der Waals surface area contributed by atoms with Crippen LogP contribution in [0.5, 0.6) is 11.8 Å². The Morgan fingerprint density at radius 3 is 2.74 bits per heavy atom. The van der Waals surface area contributed by atoms with Crippen molar-refractivity contribution in [3.05, 3.63) is 35.5 Å². The summed E-state index contributed by atoms with van der Waals surface area (Å²) in [5, 5.41) is 0. The zero-order valence-corrected chi connectivity index (χ0v) is 13.0. The van der Waals surface area contributed by atoms with Gasteiger partial charge in [-0.15, -0.1) is 0 Å². The van der Waals surface area contributed by atoms with Crippen molar-refractivity contribution in [2.75, 3.05) is 14.2 Å². The second-order valence-corrected chi connectivity index (χ2v) is 4.87. The van der Waals surface area contributed by atoms with Gasteiger partial charge in [-0.3, -0.25) is 4.79 Å². The van der Waals surface area contributed by atoms with Crippen LogP contribution in [0.2, 0.25) is 0 Å². The number of aldehydes is 1. The summed E-state index contributed by atoms with van der Waals surface area (Å²) >= 11 is 0. The molecule has 3 rings (SSSR count). The van der Waals surface area contributed by atoms with Crippen molar-refractivity contribution in [1.82, 2.24) is 24.5 Å². The molecule has 0 N–H and O–H groups in total. The fourth-order valence-corrected chi connectivity index (χ4v) is 2.36. The van der Waals surface area contributed by atoms with Crippen LogP contribution in [-0.2, 0) is 6.54 Å². The highest BCUT2D eigenvalue weighted by Gasteiger charge is 2.15. The molecule has 0 aliphatic carbocycles. The lowest BCUT2D eigenvalue weighted by atomic mass is 10.2. The van der Waals surface area contributed by atoms with Gasteiger partial charge < -0.3 is 14.0 Å². The van der Waals surface area contributed by atoms with Crippen LogP contribution in [0.3, 0.4) is 0 Å². The zero-order valence-electron chi connectivity index (χ0n) is 13.0. The number of hydrogen-bond donors (Lipinski definition) is 0. The Morgan fingerprint density at radius 2 is 2.04 bits per heavy atom. The molecule has 8 heteroatoms. The van der Waals surface area contributed by atoms with E-state index in [1.807, 2.05) is 11.5 Å². The number of rotatable bonds is 5. The van der Waals surface area contributed by atoms with E-state index < -0.39 is 0 Å². The van der Waals surface area contributed by atoms with Crippen molar-refractivity contribution in [3.63, 3.8) is 0 Å². The summed E-state index contributed by atoms with van der Waals surface area (Å²) in [7, 11) is 3.08. The van der Waals surface area contributed by atoms with Gasteiger partial charge in [0.15, 0.2) is 11.9 Å². The second kappa shape index (κ2) is 5.99. The van der Waals surface area contributed by atoms with Gasteiger partial charge in [-0.2, -0.15) is 4.98 Å². The molecule has 0 aromatic carbocycles. The second-order valence-electron chi connectivity index (χ2n) is 4.87. The summed E-state index contributed by atoms with van der Waals surface area (Å²) in [5.74, 6) is 0.900. The number of nitrogens with zero attached hydrogens (tertiary/aromatic N) is 5. The number of methoxy groups -OCH3 is 2. The quantitative estimate of drug-likeness (QED) is 0.657. The summed E-state index contributed by atoms with van der Waals surface area (Å²) in [6.45, 7) is 2.30. The molecule has 0 unspecified atom stereocenters. The third kappa shape index (κ3) is 2.59. The van der Waals surface area contributed by atoms with Crippen LogP contribution in [-0.4, -0.2) is 45.0 Å². The van der Waals surface area contributed by atoms with E-state index in [1.165, 1.54) is 19.6 Å². The van der Waals surface area contributed by atoms with Crippen molar-refractivity contribution < 1.29 is 14.3 Å². The van der Waals surface area contributed by atoms with Crippen molar-refractivity contribution in [1.29, 1.82) is 0 Å². The molecule has 0 aliphatic rings. The lowest BCUT2D eigenvalue weighted by Gasteiger charge is -2.09. The fourth-order valence-electron chi connectivity index (χ4n) is 2.36. The van der Waals surface area contributed by atoms with E-state index in [1.54, 1.807) is 13.3 Å². The molecule has 3 aromatic heterocycles. The Balaban J connectivity index is 2.11. The highest BCUT2D eigenvalue weighted by atomic mass is 16.5. The van der Waals surface area contributed by atoms with Crippen molar-refractivity contribution in [3.8, 4) is 11.8 Å². The van der Waals surface area contributed by atoms with Gasteiger partial charge in [0.2, 0.25) is 11.8 Å². The van der Waals surface area contributed by atoms with Crippen LogP contribution >= 0.6 is 0 Å². The highest BCUT2D eigenvalue weighted by molar-refractivity contribution is 5.93. The molecular formula is C15H15N5O3. The number of hydrogen-bond acceptors (Lipinski definition) is 7. The molecule has 0 spiro atoms. The van der Waals surface area contributed by atoms with Gasteiger partial charge in [0.05, 0.1) is 38.2 Å². The van der Waals surface area contributed by atoms with E-state index in [-0.39, 0.29) is 0 Å². The maximum absolute atomic E-state index is 11.3. The first-order valence-electron chi connectivity index (χ1n) is 6.87. The Hall–Kier alpha value is -3.03. The predicted octanol–water partition coefficient (Wildman–Crippen LogP) is 1.41. The normalized spacial score (nSPS) is 10.7. The summed E-state index contributed by atoms with van der Waals surface area (Å²) in [4.78, 5) is 28.2. The maximum Gasteiger partial charge on any atom is 0.234 e. The highest BCUT2D eigenvalue weighted by Crippen LogP contribution is 2.22. The van der Waals surface area contributed by atoms with E-state index in [2.05, 4.69) is 19.9 Å². The number of carbonyl (C=O) groups excluding carboxylic acids is 1. The average molecular weight is 313 g/mol. The third-order valence-electron chi connectivity index (χ3n) is 3.56. The van der Waals surface area contributed by atoms with E-state index >= 15 is 0 Å². The molecule has 0 amide bonds. The lowest BCUT2D eigenvalue weighted by Crippen LogP contribution is -2.06. The minimum Gasteiger partial charge on any atom is -0.481 e. The van der Waals surface area contributed by atoms with Crippen molar-refractivity contribution in [2.45, 2.75) is 13.5 Å². The van der Waals surface area contributed by atoms with E-state index in [4.69, 9.17) is 9.47 Å². The molecule has 3 heterocycles. The SMILES string of the molecule is COc1cnc2c(C=O)cn(Cc3ncnc(OC)c3C)c2n1. The largest absolute Gasteiger partial charge is 0.481 e. The van der Waals surface area contributed by atoms with Crippen LogP contribution in [0, 0.1) is 6.92 Å². The van der Waals surface area contributed by atoms with Crippen LogP contribution in [0.25, 0.3) is 11.2 Å². The minimum absolute atomic E-state index is 0.381. The fraction of sp³-hybridized carbons (Fsp3) is 0.267. The maximum atomic E-state index is 11.3. The number of fused-ring (bicyclic) bond motifs is 1. The summed E-state index contributed by atoms with van der Waals surface area (Å²) in [5.41, 5.74) is 3.16. The Labute approximate surface area is 132 Å². The monoisotopic (exact) mass is 313 g/mol. The molecule has 3 aromatic rings. The van der Waals surface area contributed by atoms with Crippen LogP contribution in [0.4, 0.5) is 0 Å². The van der Waals surface area contributed by atoms with Crippen LogP contribution in [0.15, 0.2) is 18.7 Å². The van der Waals surface area contributed by atoms with Gasteiger partial charge >= 0.3 is 0 Å². The van der Waals surface area contributed by atoms with Crippen molar-refractivity contribution >= 4 is 17.5 Å². The number of aromatic nitrogens is 5. The van der Waals surface area contributed by atoms with Gasteiger partial charge in [0.25, 0.3) is 0 Å². The molecule has 0 saturated carbocycles. The summed E-state index contributed by atoms with van der Waals surface area (Å²) in [6.07, 6.45) is 5.39. The van der Waals surface area contributed by atoms with Gasteiger partial charge in [-0.25, -0.2) is 15.0 Å². The Morgan fingerprint density at radius 1 is 1.22 bits per heavy atom. The smallest absolute Gasteiger partial charge is 0.234 e. The molecule has 8 nitrogen and oxygen atoms in total. The molecular weight excluding hydrogens is 298 g/mol. The molecule has 23 heavy (non-hydrogen) atoms. The standard InChI is InChI=1S/C15H15N5O3/c1-9-11(17-8-18-15(9)23-3)6-20-5-10(7-21)13-14(20)19-12(22-2)4-16-13/h4-5,7-8H,6H2,1-3H3. The first kappa shape index (κ1) is 14.9. The van der Waals surface area contributed by atoms with Gasteiger partial charge in [-0.1, -0.05) is 0 Å². The molecule has 0 saturated heterocycles. The topological polar surface area (TPSA) is 92.0 Å². The molecule has 0 bridgehead atoms. The average Bonchev–Trinajstić information content (AvgIpc) is 2.93.